The lowest BCUT2D eigenvalue weighted by molar-refractivity contribution is -0.387. The van der Waals surface area contributed by atoms with E-state index < -0.39 is 16.4 Å². The van der Waals surface area contributed by atoms with E-state index in [1.54, 1.807) is 0 Å². The molecule has 0 saturated carbocycles. The Morgan fingerprint density at radius 2 is 2.11 bits per heavy atom. The van der Waals surface area contributed by atoms with Gasteiger partial charge in [0.15, 0.2) is 0 Å². The first-order chi connectivity index (χ1) is 8.50. The zero-order chi connectivity index (χ0) is 13.5. The summed E-state index contributed by atoms with van der Waals surface area (Å²) < 4.78 is 23.8. The van der Waals surface area contributed by atoms with Gasteiger partial charge in [0.25, 0.3) is 0 Å². The molecule has 1 aromatic carbocycles. The van der Waals surface area contributed by atoms with E-state index in [9.17, 15) is 14.5 Å². The summed E-state index contributed by atoms with van der Waals surface area (Å²) in [7, 11) is 0. The van der Waals surface area contributed by atoms with Crippen LogP contribution in [0.1, 0.15) is 19.4 Å². The van der Waals surface area contributed by atoms with Gasteiger partial charge in [-0.2, -0.15) is 4.39 Å². The molecule has 0 atom stereocenters. The lowest BCUT2D eigenvalue weighted by Gasteiger charge is -2.08. The van der Waals surface area contributed by atoms with E-state index in [0.29, 0.717) is 18.8 Å². The van der Waals surface area contributed by atoms with Gasteiger partial charge in [-0.1, -0.05) is 0 Å². The van der Waals surface area contributed by atoms with Gasteiger partial charge in [-0.25, -0.2) is 0 Å². The van der Waals surface area contributed by atoms with Gasteiger partial charge in [-0.15, -0.1) is 0 Å². The van der Waals surface area contributed by atoms with Crippen LogP contribution in [0.5, 0.6) is 0 Å². The maximum atomic E-state index is 13.3. The number of ether oxygens (including phenoxy) is 2. The molecule has 0 aliphatic rings. The highest BCUT2D eigenvalue weighted by atomic mass is 19.1. The van der Waals surface area contributed by atoms with E-state index >= 15 is 0 Å². The average Bonchev–Trinajstić information content (AvgIpc) is 2.27. The fourth-order valence-electron chi connectivity index (χ4n) is 1.32. The first-order valence-corrected chi connectivity index (χ1v) is 5.63. The normalized spacial score (nSPS) is 10.9. The molecule has 0 N–H and O–H groups in total. The first-order valence-electron chi connectivity index (χ1n) is 5.63. The van der Waals surface area contributed by atoms with E-state index in [1.807, 2.05) is 13.8 Å². The van der Waals surface area contributed by atoms with Crippen LogP contribution in [0.15, 0.2) is 18.2 Å². The molecular weight excluding hydrogens is 241 g/mol. The van der Waals surface area contributed by atoms with Crippen molar-refractivity contribution < 1.29 is 18.8 Å². The van der Waals surface area contributed by atoms with Crippen molar-refractivity contribution in [3.63, 3.8) is 0 Å². The zero-order valence-electron chi connectivity index (χ0n) is 10.4. The first kappa shape index (κ1) is 14.5. The van der Waals surface area contributed by atoms with Crippen molar-refractivity contribution in [2.45, 2.75) is 26.6 Å². The number of nitrogens with zero attached hydrogens (tertiary/aromatic N) is 1. The Labute approximate surface area is 105 Å². The molecular formula is C12H16FNO4. The fourth-order valence-corrected chi connectivity index (χ4v) is 1.32. The standard InChI is InChI=1S/C12H16FNO4/c1-9(2)18-6-5-17-8-10-3-4-12(14(15)16)11(13)7-10/h3-4,7,9H,5-6,8H2,1-2H3. The predicted molar refractivity (Wildman–Crippen MR) is 63.8 cm³/mol. The predicted octanol–water partition coefficient (Wildman–Crippen LogP) is 2.68. The lowest BCUT2D eigenvalue weighted by atomic mass is 10.2. The summed E-state index contributed by atoms with van der Waals surface area (Å²) in [4.78, 5) is 9.66. The second kappa shape index (κ2) is 7.03. The SMILES string of the molecule is CC(C)OCCOCc1ccc([N+](=O)[O-])c(F)c1. The van der Waals surface area contributed by atoms with Gasteiger partial charge >= 0.3 is 5.69 Å². The maximum absolute atomic E-state index is 13.3. The lowest BCUT2D eigenvalue weighted by Crippen LogP contribution is -2.09. The number of halogens is 1. The molecule has 1 aromatic rings. The molecule has 0 aliphatic carbocycles. The molecule has 0 aliphatic heterocycles. The Morgan fingerprint density at radius 3 is 2.67 bits per heavy atom. The fraction of sp³-hybridized carbons (Fsp3) is 0.500. The van der Waals surface area contributed by atoms with Crippen LogP contribution in [0.25, 0.3) is 0 Å². The Balaban J connectivity index is 2.39. The molecule has 18 heavy (non-hydrogen) atoms. The molecule has 0 fully saturated rings. The van der Waals surface area contributed by atoms with Crippen molar-refractivity contribution in [3.8, 4) is 0 Å². The van der Waals surface area contributed by atoms with Crippen LogP contribution in [-0.4, -0.2) is 24.2 Å². The summed E-state index contributed by atoms with van der Waals surface area (Å²) >= 11 is 0. The third-order valence-electron chi connectivity index (χ3n) is 2.16. The van der Waals surface area contributed by atoms with Crippen LogP contribution in [0.3, 0.4) is 0 Å². The topological polar surface area (TPSA) is 61.6 Å². The van der Waals surface area contributed by atoms with Crippen LogP contribution >= 0.6 is 0 Å². The molecule has 1 rings (SSSR count). The number of hydrogen-bond donors (Lipinski definition) is 0. The molecule has 6 heteroatoms. The summed E-state index contributed by atoms with van der Waals surface area (Å²) in [6, 6.07) is 3.73. The van der Waals surface area contributed by atoms with Crippen LogP contribution in [0.4, 0.5) is 10.1 Å². The van der Waals surface area contributed by atoms with Gasteiger partial charge in [0.1, 0.15) is 0 Å². The Bertz CT molecular complexity index is 409. The monoisotopic (exact) mass is 257 g/mol. The van der Waals surface area contributed by atoms with E-state index in [-0.39, 0.29) is 12.7 Å². The summed E-state index contributed by atoms with van der Waals surface area (Å²) in [5, 5.41) is 10.4. The van der Waals surface area contributed by atoms with Gasteiger partial charge in [0, 0.05) is 6.07 Å². The third-order valence-corrected chi connectivity index (χ3v) is 2.16. The molecule has 0 heterocycles. The van der Waals surface area contributed by atoms with E-state index in [1.165, 1.54) is 6.07 Å². The number of hydrogen-bond acceptors (Lipinski definition) is 4. The molecule has 0 spiro atoms. The van der Waals surface area contributed by atoms with Gasteiger partial charge in [-0.3, -0.25) is 10.1 Å². The van der Waals surface area contributed by atoms with E-state index in [2.05, 4.69) is 0 Å². The van der Waals surface area contributed by atoms with Crippen LogP contribution < -0.4 is 0 Å². The minimum Gasteiger partial charge on any atom is -0.376 e. The Morgan fingerprint density at radius 1 is 1.39 bits per heavy atom. The van der Waals surface area contributed by atoms with Crippen molar-refractivity contribution in [2.24, 2.45) is 0 Å². The number of nitro benzene ring substituents is 1. The molecule has 5 nitrogen and oxygen atoms in total. The molecule has 0 bridgehead atoms. The van der Waals surface area contributed by atoms with Gasteiger partial charge in [-0.05, 0) is 31.5 Å². The molecule has 100 valence electrons. The highest BCUT2D eigenvalue weighted by Crippen LogP contribution is 2.18. The van der Waals surface area contributed by atoms with E-state index in [0.717, 1.165) is 12.1 Å². The number of benzene rings is 1. The number of nitro groups is 1. The summed E-state index contributed by atoms with van der Waals surface area (Å²) in [5.41, 5.74) is 0.0320. The Kier molecular flexibility index (Phi) is 5.67. The molecule has 0 saturated heterocycles. The van der Waals surface area contributed by atoms with Crippen molar-refractivity contribution in [1.29, 1.82) is 0 Å². The summed E-state index contributed by atoms with van der Waals surface area (Å²) in [5.74, 6) is -0.848. The van der Waals surface area contributed by atoms with Crippen molar-refractivity contribution in [2.75, 3.05) is 13.2 Å². The van der Waals surface area contributed by atoms with E-state index in [4.69, 9.17) is 9.47 Å². The minimum absolute atomic E-state index is 0.144. The zero-order valence-corrected chi connectivity index (χ0v) is 10.4. The summed E-state index contributed by atoms with van der Waals surface area (Å²) in [6.45, 7) is 4.91. The Hall–Kier alpha value is -1.53. The molecule has 0 unspecified atom stereocenters. The van der Waals surface area contributed by atoms with Crippen LogP contribution in [-0.2, 0) is 16.1 Å². The second-order valence-corrected chi connectivity index (χ2v) is 4.02. The molecule has 0 radical (unpaired) electrons. The summed E-state index contributed by atoms with van der Waals surface area (Å²) in [6.07, 6.45) is 0.144. The molecule has 0 aromatic heterocycles. The van der Waals surface area contributed by atoms with Crippen molar-refractivity contribution >= 4 is 5.69 Å². The largest absolute Gasteiger partial charge is 0.376 e. The third kappa shape index (κ3) is 4.77. The van der Waals surface area contributed by atoms with Gasteiger partial charge in [0.2, 0.25) is 5.82 Å². The quantitative estimate of drug-likeness (QED) is 0.428. The number of rotatable bonds is 7. The maximum Gasteiger partial charge on any atom is 0.304 e. The highest BCUT2D eigenvalue weighted by Gasteiger charge is 2.13. The highest BCUT2D eigenvalue weighted by molar-refractivity contribution is 5.34. The van der Waals surface area contributed by atoms with Gasteiger partial charge < -0.3 is 9.47 Å². The van der Waals surface area contributed by atoms with Crippen molar-refractivity contribution in [3.05, 3.63) is 39.7 Å². The second-order valence-electron chi connectivity index (χ2n) is 4.02. The van der Waals surface area contributed by atoms with Gasteiger partial charge in [0.05, 0.1) is 30.8 Å². The van der Waals surface area contributed by atoms with Crippen molar-refractivity contribution in [1.82, 2.24) is 0 Å². The van der Waals surface area contributed by atoms with Crippen LogP contribution in [0, 0.1) is 15.9 Å². The molecule has 0 amide bonds. The smallest absolute Gasteiger partial charge is 0.304 e. The minimum atomic E-state index is -0.848. The average molecular weight is 257 g/mol. The van der Waals surface area contributed by atoms with Crippen LogP contribution in [0.2, 0.25) is 0 Å².